The number of nitrogen functional groups attached to an aromatic ring is 1. The number of rotatable bonds is 5. The van der Waals surface area contributed by atoms with Gasteiger partial charge < -0.3 is 16.4 Å². The zero-order valence-corrected chi connectivity index (χ0v) is 11.0. The molecule has 0 saturated heterocycles. The lowest BCUT2D eigenvalue weighted by Crippen LogP contribution is -2.38. The summed E-state index contributed by atoms with van der Waals surface area (Å²) < 4.78 is 13.4. The molecule has 0 aliphatic rings. The van der Waals surface area contributed by atoms with Gasteiger partial charge >= 0.3 is 0 Å². The SMILES string of the molecule is CC(C)CNC(=O)CNC(=O)c1ccc(N)cc1F. The third-order valence-corrected chi connectivity index (χ3v) is 2.35. The predicted octanol–water partition coefficient (Wildman–Crippen LogP) is 0.910. The van der Waals surface area contributed by atoms with Gasteiger partial charge in [-0.05, 0) is 24.1 Å². The molecule has 0 atom stereocenters. The molecule has 0 saturated carbocycles. The van der Waals surface area contributed by atoms with Gasteiger partial charge in [-0.3, -0.25) is 9.59 Å². The highest BCUT2D eigenvalue weighted by Gasteiger charge is 2.12. The first-order valence-electron chi connectivity index (χ1n) is 6.00. The maximum Gasteiger partial charge on any atom is 0.254 e. The fourth-order valence-electron chi connectivity index (χ4n) is 1.35. The van der Waals surface area contributed by atoms with Gasteiger partial charge in [0.1, 0.15) is 5.82 Å². The minimum absolute atomic E-state index is 0.133. The molecular formula is C13H18FN3O2. The molecule has 1 rings (SSSR count). The second-order valence-corrected chi connectivity index (χ2v) is 4.62. The molecule has 0 radical (unpaired) electrons. The number of halogens is 1. The van der Waals surface area contributed by atoms with Crippen molar-refractivity contribution in [3.05, 3.63) is 29.6 Å². The molecule has 0 bridgehead atoms. The lowest BCUT2D eigenvalue weighted by molar-refractivity contribution is -0.120. The largest absolute Gasteiger partial charge is 0.399 e. The number of nitrogens with two attached hydrogens (primary N) is 1. The molecule has 0 spiro atoms. The van der Waals surface area contributed by atoms with E-state index in [0.29, 0.717) is 12.5 Å². The van der Waals surface area contributed by atoms with Crippen molar-refractivity contribution in [2.24, 2.45) is 5.92 Å². The Morgan fingerprint density at radius 1 is 1.32 bits per heavy atom. The summed E-state index contributed by atoms with van der Waals surface area (Å²) in [6, 6.07) is 3.77. The molecule has 4 N–H and O–H groups in total. The molecule has 0 heterocycles. The van der Waals surface area contributed by atoms with E-state index >= 15 is 0 Å². The molecule has 1 aromatic rings. The smallest absolute Gasteiger partial charge is 0.254 e. The summed E-state index contributed by atoms with van der Waals surface area (Å²) in [5, 5.41) is 5.00. The summed E-state index contributed by atoms with van der Waals surface area (Å²) in [6.07, 6.45) is 0. The van der Waals surface area contributed by atoms with Crippen LogP contribution in [0.5, 0.6) is 0 Å². The van der Waals surface area contributed by atoms with Gasteiger partial charge in [0.2, 0.25) is 5.91 Å². The van der Waals surface area contributed by atoms with Crippen molar-refractivity contribution in [1.82, 2.24) is 10.6 Å². The summed E-state index contributed by atoms with van der Waals surface area (Å²) in [4.78, 5) is 23.0. The zero-order chi connectivity index (χ0) is 14.4. The highest BCUT2D eigenvalue weighted by molar-refractivity contribution is 5.96. The summed E-state index contributed by atoms with van der Waals surface area (Å²) >= 11 is 0. The first-order chi connectivity index (χ1) is 8.90. The highest BCUT2D eigenvalue weighted by Crippen LogP contribution is 2.11. The molecular weight excluding hydrogens is 249 g/mol. The Morgan fingerprint density at radius 2 is 2.00 bits per heavy atom. The van der Waals surface area contributed by atoms with Gasteiger partial charge in [0, 0.05) is 12.2 Å². The minimum Gasteiger partial charge on any atom is -0.399 e. The van der Waals surface area contributed by atoms with E-state index in [0.717, 1.165) is 6.07 Å². The maximum atomic E-state index is 13.4. The van der Waals surface area contributed by atoms with E-state index in [-0.39, 0.29) is 23.7 Å². The van der Waals surface area contributed by atoms with Crippen molar-refractivity contribution in [1.29, 1.82) is 0 Å². The Bertz CT molecular complexity index is 475. The van der Waals surface area contributed by atoms with E-state index in [4.69, 9.17) is 5.73 Å². The van der Waals surface area contributed by atoms with Crippen molar-refractivity contribution in [3.63, 3.8) is 0 Å². The van der Waals surface area contributed by atoms with E-state index in [2.05, 4.69) is 10.6 Å². The van der Waals surface area contributed by atoms with Crippen molar-refractivity contribution in [2.75, 3.05) is 18.8 Å². The van der Waals surface area contributed by atoms with Gasteiger partial charge in [0.25, 0.3) is 5.91 Å². The first-order valence-corrected chi connectivity index (χ1v) is 6.00. The molecule has 19 heavy (non-hydrogen) atoms. The fourth-order valence-corrected chi connectivity index (χ4v) is 1.35. The standard InChI is InChI=1S/C13H18FN3O2/c1-8(2)6-16-12(18)7-17-13(19)10-4-3-9(15)5-11(10)14/h3-5,8H,6-7,15H2,1-2H3,(H,16,18)(H,17,19). The van der Waals surface area contributed by atoms with Crippen molar-refractivity contribution in [2.45, 2.75) is 13.8 Å². The average Bonchev–Trinajstić information content (AvgIpc) is 2.33. The third-order valence-electron chi connectivity index (χ3n) is 2.35. The van der Waals surface area contributed by atoms with E-state index in [1.807, 2.05) is 13.8 Å². The van der Waals surface area contributed by atoms with Gasteiger partial charge in [0.15, 0.2) is 0 Å². The molecule has 6 heteroatoms. The number of hydrogen-bond donors (Lipinski definition) is 3. The monoisotopic (exact) mass is 267 g/mol. The molecule has 104 valence electrons. The van der Waals surface area contributed by atoms with Crippen LogP contribution in [0.15, 0.2) is 18.2 Å². The lowest BCUT2D eigenvalue weighted by Gasteiger charge is -2.09. The molecule has 2 amide bonds. The van der Waals surface area contributed by atoms with Crippen LogP contribution in [0.4, 0.5) is 10.1 Å². The average molecular weight is 267 g/mol. The van der Waals surface area contributed by atoms with Gasteiger partial charge in [-0.1, -0.05) is 13.8 Å². The number of hydrogen-bond acceptors (Lipinski definition) is 3. The van der Waals surface area contributed by atoms with Crippen LogP contribution in [0.3, 0.4) is 0 Å². The number of carbonyl (C=O) groups excluding carboxylic acids is 2. The van der Waals surface area contributed by atoms with Crippen LogP contribution in [0.25, 0.3) is 0 Å². The summed E-state index contributed by atoms with van der Waals surface area (Å²) in [5.74, 6) is -1.33. The lowest BCUT2D eigenvalue weighted by atomic mass is 10.2. The van der Waals surface area contributed by atoms with E-state index < -0.39 is 11.7 Å². The first kappa shape index (κ1) is 14.9. The van der Waals surface area contributed by atoms with E-state index in [1.54, 1.807) is 0 Å². The summed E-state index contributed by atoms with van der Waals surface area (Å²) in [5.41, 5.74) is 5.49. The Kier molecular flexibility index (Phi) is 5.29. The van der Waals surface area contributed by atoms with Gasteiger partial charge in [-0.15, -0.1) is 0 Å². The molecule has 1 aromatic carbocycles. The Labute approximate surface area is 111 Å². The van der Waals surface area contributed by atoms with Crippen LogP contribution >= 0.6 is 0 Å². The molecule has 0 aliphatic carbocycles. The quantitative estimate of drug-likeness (QED) is 0.693. The van der Waals surface area contributed by atoms with Crippen molar-refractivity contribution >= 4 is 17.5 Å². The summed E-state index contributed by atoms with van der Waals surface area (Å²) in [7, 11) is 0. The van der Waals surface area contributed by atoms with Gasteiger partial charge in [-0.2, -0.15) is 0 Å². The van der Waals surface area contributed by atoms with Crippen LogP contribution in [-0.4, -0.2) is 24.9 Å². The van der Waals surface area contributed by atoms with Crippen molar-refractivity contribution < 1.29 is 14.0 Å². The Morgan fingerprint density at radius 3 is 2.58 bits per heavy atom. The normalized spacial score (nSPS) is 10.3. The Hall–Kier alpha value is -2.11. The number of amides is 2. The number of carbonyl (C=O) groups is 2. The second kappa shape index (κ2) is 6.72. The number of nitrogens with one attached hydrogen (secondary N) is 2. The fraction of sp³-hybridized carbons (Fsp3) is 0.385. The Balaban J connectivity index is 2.49. The van der Waals surface area contributed by atoms with Crippen LogP contribution in [0.2, 0.25) is 0 Å². The topological polar surface area (TPSA) is 84.2 Å². The number of benzene rings is 1. The number of anilines is 1. The van der Waals surface area contributed by atoms with Crippen LogP contribution in [0.1, 0.15) is 24.2 Å². The zero-order valence-electron chi connectivity index (χ0n) is 11.0. The summed E-state index contributed by atoms with van der Waals surface area (Å²) in [6.45, 7) is 4.27. The second-order valence-electron chi connectivity index (χ2n) is 4.62. The molecule has 0 unspecified atom stereocenters. The molecule has 0 fully saturated rings. The third kappa shape index (κ3) is 4.95. The van der Waals surface area contributed by atoms with Crippen LogP contribution < -0.4 is 16.4 Å². The van der Waals surface area contributed by atoms with E-state index in [9.17, 15) is 14.0 Å². The minimum atomic E-state index is -0.708. The van der Waals surface area contributed by atoms with Crippen molar-refractivity contribution in [3.8, 4) is 0 Å². The van der Waals surface area contributed by atoms with Crippen LogP contribution in [-0.2, 0) is 4.79 Å². The van der Waals surface area contributed by atoms with Gasteiger partial charge in [-0.25, -0.2) is 4.39 Å². The molecule has 0 aliphatic heterocycles. The highest BCUT2D eigenvalue weighted by atomic mass is 19.1. The van der Waals surface area contributed by atoms with E-state index in [1.165, 1.54) is 12.1 Å². The van der Waals surface area contributed by atoms with Gasteiger partial charge in [0.05, 0.1) is 12.1 Å². The van der Waals surface area contributed by atoms with Crippen LogP contribution in [0, 0.1) is 11.7 Å². The maximum absolute atomic E-state index is 13.4. The molecule has 5 nitrogen and oxygen atoms in total. The predicted molar refractivity (Wildman–Crippen MR) is 71.0 cm³/mol. The molecule has 0 aromatic heterocycles.